The second kappa shape index (κ2) is 9.46. The quantitative estimate of drug-likeness (QED) is 0.553. The van der Waals surface area contributed by atoms with Crippen molar-refractivity contribution in [2.75, 3.05) is 18.4 Å². The van der Waals surface area contributed by atoms with E-state index in [1.54, 1.807) is 11.1 Å². The fourth-order valence-electron chi connectivity index (χ4n) is 3.05. The van der Waals surface area contributed by atoms with Crippen LogP contribution in [-0.2, 0) is 4.79 Å². The van der Waals surface area contributed by atoms with Gasteiger partial charge in [0.25, 0.3) is 5.91 Å². The van der Waals surface area contributed by atoms with Crippen molar-refractivity contribution >= 4 is 39.1 Å². The zero-order valence-corrected chi connectivity index (χ0v) is 17.1. The highest BCUT2D eigenvalue weighted by atomic mass is 32.1. The molecule has 1 aromatic heterocycles. The molecular formula is C22H25N3O2S. The minimum absolute atomic E-state index is 0.0218. The lowest BCUT2D eigenvalue weighted by Gasteiger charge is -2.22. The first-order valence-electron chi connectivity index (χ1n) is 9.57. The summed E-state index contributed by atoms with van der Waals surface area (Å²) in [6.07, 6.45) is 4.68. The van der Waals surface area contributed by atoms with Crippen LogP contribution in [0.1, 0.15) is 41.4 Å². The van der Waals surface area contributed by atoms with Crippen molar-refractivity contribution in [3.05, 3.63) is 59.1 Å². The number of unbranched alkanes of at least 4 members (excludes halogenated alkanes) is 2. The minimum atomic E-state index is -0.222. The van der Waals surface area contributed by atoms with Crippen LogP contribution in [0.5, 0.6) is 0 Å². The van der Waals surface area contributed by atoms with Gasteiger partial charge in [-0.3, -0.25) is 9.59 Å². The molecule has 3 aromatic rings. The maximum absolute atomic E-state index is 13.1. The number of hydrogen-bond acceptors (Lipinski definition) is 4. The summed E-state index contributed by atoms with van der Waals surface area (Å²) in [6.45, 7) is 4.64. The standard InChI is InChI=1S/C22H25N3O2S/c1-3-4-7-12-25(15-20(26)24-22-23-14-16(2)28-22)21(27)19-11-10-17-8-5-6-9-18(17)13-19/h5-6,8-11,13-14H,3-4,7,12,15H2,1-2H3,(H,23,24,26). The highest BCUT2D eigenvalue weighted by Gasteiger charge is 2.19. The van der Waals surface area contributed by atoms with Crippen LogP contribution in [0.25, 0.3) is 10.8 Å². The van der Waals surface area contributed by atoms with Crippen LogP contribution in [0.2, 0.25) is 0 Å². The molecular weight excluding hydrogens is 370 g/mol. The summed E-state index contributed by atoms with van der Waals surface area (Å²) in [7, 11) is 0. The van der Waals surface area contributed by atoms with E-state index in [0.29, 0.717) is 17.2 Å². The summed E-state index contributed by atoms with van der Waals surface area (Å²) in [6, 6.07) is 13.6. The number of aryl methyl sites for hydroxylation is 1. The normalized spacial score (nSPS) is 10.8. The van der Waals surface area contributed by atoms with Gasteiger partial charge < -0.3 is 10.2 Å². The molecule has 2 amide bonds. The van der Waals surface area contributed by atoms with Crippen molar-refractivity contribution in [3.8, 4) is 0 Å². The lowest BCUT2D eigenvalue weighted by atomic mass is 10.1. The van der Waals surface area contributed by atoms with E-state index in [4.69, 9.17) is 0 Å². The van der Waals surface area contributed by atoms with E-state index in [9.17, 15) is 9.59 Å². The molecule has 0 bridgehead atoms. The lowest BCUT2D eigenvalue weighted by Crippen LogP contribution is -2.38. The predicted octanol–water partition coefficient (Wildman–Crippen LogP) is 4.88. The van der Waals surface area contributed by atoms with Gasteiger partial charge in [0.15, 0.2) is 5.13 Å². The van der Waals surface area contributed by atoms with Crippen LogP contribution >= 0.6 is 11.3 Å². The van der Waals surface area contributed by atoms with Gasteiger partial charge in [-0.05, 0) is 36.2 Å². The molecule has 5 nitrogen and oxygen atoms in total. The van der Waals surface area contributed by atoms with E-state index in [1.165, 1.54) is 11.3 Å². The first kappa shape index (κ1) is 20.0. The van der Waals surface area contributed by atoms with Crippen molar-refractivity contribution in [3.63, 3.8) is 0 Å². The van der Waals surface area contributed by atoms with Gasteiger partial charge in [0.05, 0.1) is 0 Å². The van der Waals surface area contributed by atoms with Crippen LogP contribution in [0, 0.1) is 6.92 Å². The molecule has 0 fully saturated rings. The molecule has 6 heteroatoms. The minimum Gasteiger partial charge on any atom is -0.329 e. The Balaban J connectivity index is 1.74. The Bertz CT molecular complexity index is 967. The summed E-state index contributed by atoms with van der Waals surface area (Å²) in [5.74, 6) is -0.340. The van der Waals surface area contributed by atoms with Gasteiger partial charge in [-0.1, -0.05) is 50.1 Å². The Hall–Kier alpha value is -2.73. The zero-order chi connectivity index (χ0) is 19.9. The lowest BCUT2D eigenvalue weighted by molar-refractivity contribution is -0.116. The van der Waals surface area contributed by atoms with Crippen LogP contribution in [0.3, 0.4) is 0 Å². The van der Waals surface area contributed by atoms with Crippen LogP contribution < -0.4 is 5.32 Å². The van der Waals surface area contributed by atoms with Gasteiger partial charge in [-0.15, -0.1) is 11.3 Å². The molecule has 0 aliphatic rings. The number of benzene rings is 2. The molecule has 3 rings (SSSR count). The van der Waals surface area contributed by atoms with Crippen molar-refractivity contribution in [2.45, 2.75) is 33.1 Å². The number of anilines is 1. The molecule has 0 saturated carbocycles. The van der Waals surface area contributed by atoms with E-state index in [-0.39, 0.29) is 18.4 Å². The highest BCUT2D eigenvalue weighted by Crippen LogP contribution is 2.18. The number of carbonyl (C=O) groups is 2. The number of thiazole rings is 1. The maximum atomic E-state index is 13.1. The first-order chi connectivity index (χ1) is 13.6. The molecule has 28 heavy (non-hydrogen) atoms. The van der Waals surface area contributed by atoms with Gasteiger partial charge in [0, 0.05) is 23.2 Å². The number of nitrogens with zero attached hydrogens (tertiary/aromatic N) is 2. The average Bonchev–Trinajstić information content (AvgIpc) is 3.10. The SMILES string of the molecule is CCCCCN(CC(=O)Nc1ncc(C)s1)C(=O)c1ccc2ccccc2c1. The summed E-state index contributed by atoms with van der Waals surface area (Å²) < 4.78 is 0. The third-order valence-electron chi connectivity index (χ3n) is 4.52. The van der Waals surface area contributed by atoms with Crippen LogP contribution in [0.15, 0.2) is 48.7 Å². The summed E-state index contributed by atoms with van der Waals surface area (Å²) in [5, 5.41) is 5.47. The smallest absolute Gasteiger partial charge is 0.254 e. The average molecular weight is 396 g/mol. The summed E-state index contributed by atoms with van der Waals surface area (Å²) in [5.41, 5.74) is 0.605. The fourth-order valence-corrected chi connectivity index (χ4v) is 3.74. The number of nitrogens with one attached hydrogen (secondary N) is 1. The molecule has 0 unspecified atom stereocenters. The third-order valence-corrected chi connectivity index (χ3v) is 5.35. The summed E-state index contributed by atoms with van der Waals surface area (Å²) in [4.78, 5) is 32.4. The molecule has 0 aliphatic heterocycles. The first-order valence-corrected chi connectivity index (χ1v) is 10.4. The van der Waals surface area contributed by atoms with Crippen LogP contribution in [0.4, 0.5) is 5.13 Å². The number of carbonyl (C=O) groups excluding carboxylic acids is 2. The van der Waals surface area contributed by atoms with Crippen molar-refractivity contribution in [2.24, 2.45) is 0 Å². The number of hydrogen-bond donors (Lipinski definition) is 1. The molecule has 0 spiro atoms. The monoisotopic (exact) mass is 395 g/mol. The second-order valence-electron chi connectivity index (χ2n) is 6.82. The van der Waals surface area contributed by atoms with Gasteiger partial charge in [0.1, 0.15) is 6.54 Å². The fraction of sp³-hybridized carbons (Fsp3) is 0.318. The van der Waals surface area contributed by atoms with E-state index in [1.807, 2.05) is 49.4 Å². The molecule has 2 aromatic carbocycles. The molecule has 0 saturated heterocycles. The third kappa shape index (κ3) is 5.16. The van der Waals surface area contributed by atoms with Crippen molar-refractivity contribution in [1.82, 2.24) is 9.88 Å². The maximum Gasteiger partial charge on any atom is 0.254 e. The Labute approximate surface area is 169 Å². The highest BCUT2D eigenvalue weighted by molar-refractivity contribution is 7.15. The number of amides is 2. The predicted molar refractivity (Wildman–Crippen MR) is 115 cm³/mol. The van der Waals surface area contributed by atoms with Gasteiger partial charge in [-0.25, -0.2) is 4.98 Å². The van der Waals surface area contributed by atoms with E-state index < -0.39 is 0 Å². The molecule has 146 valence electrons. The number of fused-ring (bicyclic) bond motifs is 1. The summed E-state index contributed by atoms with van der Waals surface area (Å²) >= 11 is 1.42. The van der Waals surface area contributed by atoms with Crippen molar-refractivity contribution < 1.29 is 9.59 Å². The number of aromatic nitrogens is 1. The Morgan fingerprint density at radius 1 is 1.11 bits per heavy atom. The van der Waals surface area contributed by atoms with Gasteiger partial charge >= 0.3 is 0 Å². The topological polar surface area (TPSA) is 62.3 Å². The van der Waals surface area contributed by atoms with Crippen LogP contribution in [-0.4, -0.2) is 34.8 Å². The van der Waals surface area contributed by atoms with Gasteiger partial charge in [-0.2, -0.15) is 0 Å². The largest absolute Gasteiger partial charge is 0.329 e. The zero-order valence-electron chi connectivity index (χ0n) is 16.3. The Kier molecular flexibility index (Phi) is 6.76. The van der Waals surface area contributed by atoms with E-state index in [0.717, 1.165) is 34.9 Å². The van der Waals surface area contributed by atoms with E-state index in [2.05, 4.69) is 17.2 Å². The molecule has 0 radical (unpaired) electrons. The Morgan fingerprint density at radius 3 is 2.61 bits per heavy atom. The molecule has 1 N–H and O–H groups in total. The van der Waals surface area contributed by atoms with E-state index >= 15 is 0 Å². The van der Waals surface area contributed by atoms with Gasteiger partial charge in [0.2, 0.25) is 5.91 Å². The Morgan fingerprint density at radius 2 is 1.89 bits per heavy atom. The molecule has 0 atom stereocenters. The van der Waals surface area contributed by atoms with Crippen molar-refractivity contribution in [1.29, 1.82) is 0 Å². The molecule has 1 heterocycles. The molecule has 0 aliphatic carbocycles. The second-order valence-corrected chi connectivity index (χ2v) is 8.05. The number of rotatable bonds is 8.